The maximum Gasteiger partial charge on any atom is 0.212 e. The van der Waals surface area contributed by atoms with Crippen molar-refractivity contribution in [3.05, 3.63) is 95.0 Å². The second-order valence-electron chi connectivity index (χ2n) is 7.62. The number of aromatic nitrogens is 4. The van der Waals surface area contributed by atoms with E-state index in [2.05, 4.69) is 20.3 Å². The van der Waals surface area contributed by atoms with Crippen molar-refractivity contribution in [2.45, 2.75) is 5.16 Å². The van der Waals surface area contributed by atoms with Gasteiger partial charge in [-0.25, -0.2) is 0 Å². The monoisotopic (exact) mass is 501 g/mol. The Morgan fingerprint density at radius 2 is 1.86 bits per heavy atom. The van der Waals surface area contributed by atoms with Crippen LogP contribution in [0.15, 0.2) is 89.1 Å². The van der Waals surface area contributed by atoms with Gasteiger partial charge in [-0.2, -0.15) is 9.78 Å². The fourth-order valence-electron chi connectivity index (χ4n) is 3.48. The van der Waals surface area contributed by atoms with Crippen LogP contribution >= 0.6 is 23.4 Å². The van der Waals surface area contributed by atoms with Gasteiger partial charge in [0.05, 0.1) is 24.8 Å². The Morgan fingerprint density at radius 3 is 2.60 bits per heavy atom. The number of nitrogens with zero attached hydrogens (tertiary/aromatic N) is 4. The fraction of sp³-hybridized carbons (Fsp3) is 0.0769. The van der Waals surface area contributed by atoms with Gasteiger partial charge in [0.15, 0.2) is 5.78 Å². The quantitative estimate of drug-likeness (QED) is 0.161. The molecule has 9 heteroatoms. The summed E-state index contributed by atoms with van der Waals surface area (Å²) in [6, 6.07) is 24.4. The van der Waals surface area contributed by atoms with Gasteiger partial charge in [0, 0.05) is 21.5 Å². The summed E-state index contributed by atoms with van der Waals surface area (Å²) in [5.41, 5.74) is 3.24. The van der Waals surface area contributed by atoms with E-state index < -0.39 is 0 Å². The molecule has 0 aliphatic heterocycles. The van der Waals surface area contributed by atoms with E-state index in [1.165, 1.54) is 11.8 Å². The minimum Gasteiger partial charge on any atom is -0.497 e. The molecule has 0 unspecified atom stereocenters. The molecular weight excluding hydrogens is 482 g/mol. The lowest BCUT2D eigenvalue weighted by Gasteiger charge is -2.04. The summed E-state index contributed by atoms with van der Waals surface area (Å²) < 4.78 is 6.87. The Hall–Kier alpha value is -3.88. The Kier molecular flexibility index (Phi) is 6.65. The predicted molar refractivity (Wildman–Crippen MR) is 140 cm³/mol. The molecule has 0 aliphatic carbocycles. The predicted octanol–water partition coefficient (Wildman–Crippen LogP) is 5.95. The highest BCUT2D eigenvalue weighted by molar-refractivity contribution is 7.99. The van der Waals surface area contributed by atoms with Crippen molar-refractivity contribution in [2.75, 3.05) is 12.9 Å². The van der Waals surface area contributed by atoms with Crippen LogP contribution in [0.5, 0.6) is 5.75 Å². The molecular formula is C26H20ClN5O2S. The number of nitrogens with one attached hydrogen (secondary N) is 1. The molecule has 0 fully saturated rings. The zero-order chi connectivity index (χ0) is 24.2. The number of carbonyl (C=O) groups is 1. The lowest BCUT2D eigenvalue weighted by Crippen LogP contribution is -2.04. The molecule has 1 N–H and O–H groups in total. The van der Waals surface area contributed by atoms with Crippen molar-refractivity contribution in [1.29, 1.82) is 0 Å². The zero-order valence-electron chi connectivity index (χ0n) is 18.7. The number of carbonyl (C=O) groups excluding carboxylic acids is 1. The number of ketones is 1. The SMILES string of the molecule is COc1ccc(/C=N/n2c(SCC(=O)c3ccc(Cl)cc3)nnc2-c2cc3ccccc3[nH]2)cc1. The summed E-state index contributed by atoms with van der Waals surface area (Å²) >= 11 is 7.22. The molecule has 3 aromatic carbocycles. The van der Waals surface area contributed by atoms with E-state index in [9.17, 15) is 4.79 Å². The smallest absolute Gasteiger partial charge is 0.212 e. The molecule has 0 aliphatic rings. The van der Waals surface area contributed by atoms with Crippen LogP contribution in [0.4, 0.5) is 0 Å². The molecule has 0 atom stereocenters. The molecule has 174 valence electrons. The van der Waals surface area contributed by atoms with E-state index >= 15 is 0 Å². The first-order valence-corrected chi connectivity index (χ1v) is 12.1. The van der Waals surface area contributed by atoms with E-state index in [0.29, 0.717) is 21.6 Å². The average Bonchev–Trinajstić information content (AvgIpc) is 3.50. The normalized spacial score (nSPS) is 11.4. The lowest BCUT2D eigenvalue weighted by atomic mass is 10.1. The molecule has 0 radical (unpaired) electrons. The van der Waals surface area contributed by atoms with E-state index in [-0.39, 0.29) is 11.5 Å². The van der Waals surface area contributed by atoms with Gasteiger partial charge in [-0.15, -0.1) is 10.2 Å². The van der Waals surface area contributed by atoms with E-state index in [0.717, 1.165) is 27.9 Å². The van der Waals surface area contributed by atoms with Crippen molar-refractivity contribution >= 4 is 46.3 Å². The highest BCUT2D eigenvalue weighted by Gasteiger charge is 2.18. The Morgan fingerprint density at radius 1 is 1.09 bits per heavy atom. The summed E-state index contributed by atoms with van der Waals surface area (Å²) in [4.78, 5) is 16.1. The Bertz CT molecular complexity index is 1470. The molecule has 2 heterocycles. The number of hydrogen-bond acceptors (Lipinski definition) is 6. The van der Waals surface area contributed by atoms with Gasteiger partial charge < -0.3 is 9.72 Å². The second kappa shape index (κ2) is 10.2. The summed E-state index contributed by atoms with van der Waals surface area (Å²) in [5.74, 6) is 1.46. The maximum atomic E-state index is 12.7. The third-order valence-electron chi connectivity index (χ3n) is 5.32. The number of aromatic amines is 1. The third-order valence-corrected chi connectivity index (χ3v) is 6.49. The Balaban J connectivity index is 1.46. The number of rotatable bonds is 8. The largest absolute Gasteiger partial charge is 0.497 e. The van der Waals surface area contributed by atoms with Crippen LogP contribution in [0.1, 0.15) is 15.9 Å². The van der Waals surface area contributed by atoms with Crippen LogP contribution in [0.2, 0.25) is 5.02 Å². The summed E-state index contributed by atoms with van der Waals surface area (Å²) in [7, 11) is 1.63. The van der Waals surface area contributed by atoms with E-state index in [1.807, 2.05) is 54.6 Å². The number of para-hydroxylation sites is 1. The first-order valence-electron chi connectivity index (χ1n) is 10.7. The van der Waals surface area contributed by atoms with Crippen molar-refractivity contribution in [2.24, 2.45) is 5.10 Å². The van der Waals surface area contributed by atoms with E-state index in [1.54, 1.807) is 42.3 Å². The Labute approximate surface area is 210 Å². The van der Waals surface area contributed by atoms with Crippen LogP contribution < -0.4 is 4.74 Å². The third kappa shape index (κ3) is 5.13. The molecule has 0 saturated carbocycles. The molecule has 5 rings (SSSR count). The second-order valence-corrected chi connectivity index (χ2v) is 9.00. The van der Waals surface area contributed by atoms with Gasteiger partial charge in [0.1, 0.15) is 5.75 Å². The molecule has 0 saturated heterocycles. The van der Waals surface area contributed by atoms with Crippen LogP contribution in [0, 0.1) is 0 Å². The number of methoxy groups -OCH3 is 1. The highest BCUT2D eigenvalue weighted by atomic mass is 35.5. The topological polar surface area (TPSA) is 85.2 Å². The maximum absolute atomic E-state index is 12.7. The molecule has 0 bridgehead atoms. The van der Waals surface area contributed by atoms with Gasteiger partial charge in [-0.05, 0) is 66.2 Å². The minimum atomic E-state index is -0.0347. The molecule has 5 aromatic rings. The number of ether oxygens (including phenoxy) is 1. The number of hydrogen-bond donors (Lipinski definition) is 1. The van der Waals surface area contributed by atoms with Crippen molar-refractivity contribution in [3.63, 3.8) is 0 Å². The van der Waals surface area contributed by atoms with Crippen LogP contribution in [0.25, 0.3) is 22.4 Å². The van der Waals surface area contributed by atoms with Gasteiger partial charge in [0.2, 0.25) is 11.0 Å². The lowest BCUT2D eigenvalue weighted by molar-refractivity contribution is 0.102. The zero-order valence-corrected chi connectivity index (χ0v) is 20.3. The molecule has 0 amide bonds. The standard InChI is InChI=1S/C26H20ClN5O2S/c1-34-21-12-6-17(7-13-21)15-28-32-25(23-14-19-4-2-3-5-22(19)29-23)30-31-26(32)35-16-24(33)18-8-10-20(27)11-9-18/h2-15,29H,16H2,1H3/b28-15+. The van der Waals surface area contributed by atoms with Crippen molar-refractivity contribution in [1.82, 2.24) is 19.9 Å². The van der Waals surface area contributed by atoms with Crippen molar-refractivity contribution < 1.29 is 9.53 Å². The fourth-order valence-corrected chi connectivity index (χ4v) is 4.39. The van der Waals surface area contributed by atoms with Gasteiger partial charge in [0.25, 0.3) is 0 Å². The summed E-state index contributed by atoms with van der Waals surface area (Å²) in [5, 5.41) is 15.5. The van der Waals surface area contributed by atoms with E-state index in [4.69, 9.17) is 16.3 Å². The van der Waals surface area contributed by atoms with Gasteiger partial charge in [-0.1, -0.05) is 41.6 Å². The molecule has 35 heavy (non-hydrogen) atoms. The number of halogens is 1. The summed E-state index contributed by atoms with van der Waals surface area (Å²) in [6.07, 6.45) is 1.72. The molecule has 7 nitrogen and oxygen atoms in total. The van der Waals surface area contributed by atoms with Crippen LogP contribution in [-0.4, -0.2) is 44.7 Å². The number of Topliss-reactive ketones (excluding diaryl/α,β-unsaturated/α-hetero) is 1. The first-order chi connectivity index (χ1) is 17.1. The van der Waals surface area contributed by atoms with Crippen LogP contribution in [0.3, 0.4) is 0 Å². The highest BCUT2D eigenvalue weighted by Crippen LogP contribution is 2.27. The molecule has 0 spiro atoms. The van der Waals surface area contributed by atoms with Crippen molar-refractivity contribution in [3.8, 4) is 17.3 Å². The van der Waals surface area contributed by atoms with Gasteiger partial charge >= 0.3 is 0 Å². The first kappa shape index (κ1) is 22.9. The minimum absolute atomic E-state index is 0.0347. The van der Waals surface area contributed by atoms with Crippen LogP contribution in [-0.2, 0) is 0 Å². The van der Waals surface area contributed by atoms with Gasteiger partial charge in [-0.3, -0.25) is 4.79 Å². The number of benzene rings is 3. The summed E-state index contributed by atoms with van der Waals surface area (Å²) in [6.45, 7) is 0. The number of H-pyrrole nitrogens is 1. The number of fused-ring (bicyclic) bond motifs is 1. The molecule has 2 aromatic heterocycles. The average molecular weight is 502 g/mol. The number of thioether (sulfide) groups is 1.